The normalized spacial score (nSPS) is 10.6. The largest absolute Gasteiger partial charge is 0.507 e. The lowest BCUT2D eigenvalue weighted by Crippen LogP contribution is -2.17. The monoisotopic (exact) mass is 346 g/mol. The number of rotatable bonds is 6. The number of hydrogen-bond acceptors (Lipinski definition) is 4. The number of carbonyl (C=O) groups is 1. The molecular weight excluding hydrogens is 328 g/mol. The summed E-state index contributed by atoms with van der Waals surface area (Å²) < 4.78 is 5.72. The van der Waals surface area contributed by atoms with Crippen LogP contribution >= 0.6 is 0 Å². The molecule has 0 heterocycles. The van der Waals surface area contributed by atoms with Gasteiger partial charge in [-0.3, -0.25) is 4.79 Å². The lowest BCUT2D eigenvalue weighted by molar-refractivity contribution is 0.0952. The van der Waals surface area contributed by atoms with E-state index in [-0.39, 0.29) is 11.3 Å². The molecule has 3 aromatic rings. The molecule has 0 saturated carbocycles. The number of phenols is 1. The number of aromatic hydroxyl groups is 1. The van der Waals surface area contributed by atoms with Crippen LogP contribution in [0.1, 0.15) is 21.5 Å². The predicted molar refractivity (Wildman–Crippen MR) is 100 cm³/mol. The van der Waals surface area contributed by atoms with E-state index in [4.69, 9.17) is 4.74 Å². The average molecular weight is 346 g/mol. The van der Waals surface area contributed by atoms with Crippen LogP contribution in [-0.4, -0.2) is 17.2 Å². The molecule has 0 bridgehead atoms. The third-order valence-corrected chi connectivity index (χ3v) is 3.66. The van der Waals surface area contributed by atoms with Crippen LogP contribution in [0.15, 0.2) is 84.0 Å². The molecule has 5 nitrogen and oxygen atoms in total. The maximum Gasteiger partial charge on any atom is 0.275 e. The van der Waals surface area contributed by atoms with Gasteiger partial charge < -0.3 is 9.84 Å². The number of benzene rings is 3. The van der Waals surface area contributed by atoms with Crippen molar-refractivity contribution in [2.45, 2.75) is 6.61 Å². The van der Waals surface area contributed by atoms with Gasteiger partial charge in [0.2, 0.25) is 0 Å². The van der Waals surface area contributed by atoms with Crippen molar-refractivity contribution < 1.29 is 14.6 Å². The second kappa shape index (κ2) is 8.48. The summed E-state index contributed by atoms with van der Waals surface area (Å²) in [7, 11) is 0. The van der Waals surface area contributed by atoms with Gasteiger partial charge in [-0.05, 0) is 47.5 Å². The zero-order chi connectivity index (χ0) is 18.2. The summed E-state index contributed by atoms with van der Waals surface area (Å²) in [6.07, 6.45) is 1.53. The Labute approximate surface area is 151 Å². The second-order valence-corrected chi connectivity index (χ2v) is 5.56. The quantitative estimate of drug-likeness (QED) is 0.528. The van der Waals surface area contributed by atoms with E-state index in [2.05, 4.69) is 10.5 Å². The minimum absolute atomic E-state index is 0.0832. The Balaban J connectivity index is 1.53. The minimum atomic E-state index is -0.470. The second-order valence-electron chi connectivity index (χ2n) is 5.56. The number of phenolic OH excluding ortho intramolecular Hbond substituents is 1. The lowest BCUT2D eigenvalue weighted by Gasteiger charge is -2.06. The third-order valence-electron chi connectivity index (χ3n) is 3.66. The fourth-order valence-corrected chi connectivity index (χ4v) is 2.28. The lowest BCUT2D eigenvalue weighted by atomic mass is 10.2. The van der Waals surface area contributed by atoms with Crippen LogP contribution in [0.5, 0.6) is 11.5 Å². The molecule has 0 atom stereocenters. The van der Waals surface area contributed by atoms with E-state index >= 15 is 0 Å². The van der Waals surface area contributed by atoms with Crippen molar-refractivity contribution >= 4 is 12.1 Å². The van der Waals surface area contributed by atoms with Gasteiger partial charge in [0.1, 0.15) is 18.1 Å². The van der Waals surface area contributed by atoms with Crippen LogP contribution in [0.3, 0.4) is 0 Å². The van der Waals surface area contributed by atoms with Gasteiger partial charge in [-0.25, -0.2) is 5.43 Å². The van der Waals surface area contributed by atoms with Crippen molar-refractivity contribution in [3.63, 3.8) is 0 Å². The Hall–Kier alpha value is -3.60. The van der Waals surface area contributed by atoms with Crippen LogP contribution in [0.4, 0.5) is 0 Å². The molecule has 1 amide bonds. The first kappa shape index (κ1) is 17.2. The van der Waals surface area contributed by atoms with Crippen molar-refractivity contribution in [3.8, 4) is 11.5 Å². The van der Waals surface area contributed by atoms with Gasteiger partial charge in [0.25, 0.3) is 5.91 Å². The molecule has 0 radical (unpaired) electrons. The number of amides is 1. The zero-order valence-corrected chi connectivity index (χ0v) is 14.0. The molecule has 130 valence electrons. The molecule has 0 spiro atoms. The number of carbonyl (C=O) groups excluding carboxylic acids is 1. The van der Waals surface area contributed by atoms with Crippen molar-refractivity contribution in [2.75, 3.05) is 0 Å². The molecule has 0 fully saturated rings. The van der Waals surface area contributed by atoms with Crippen LogP contribution in [-0.2, 0) is 6.61 Å². The Kier molecular flexibility index (Phi) is 5.62. The summed E-state index contributed by atoms with van der Waals surface area (Å²) in [5.41, 5.74) is 4.48. The Bertz CT molecular complexity index is 891. The van der Waals surface area contributed by atoms with Crippen LogP contribution in [0.2, 0.25) is 0 Å². The van der Waals surface area contributed by atoms with Gasteiger partial charge in [-0.1, -0.05) is 42.5 Å². The zero-order valence-electron chi connectivity index (χ0n) is 14.0. The molecule has 5 heteroatoms. The fourth-order valence-electron chi connectivity index (χ4n) is 2.28. The molecular formula is C21H18N2O3. The highest BCUT2D eigenvalue weighted by Crippen LogP contribution is 2.15. The Morgan fingerprint density at radius 3 is 2.38 bits per heavy atom. The summed E-state index contributed by atoms with van der Waals surface area (Å²) in [4.78, 5) is 11.9. The van der Waals surface area contributed by atoms with E-state index in [0.29, 0.717) is 6.61 Å². The molecule has 3 rings (SSSR count). The molecule has 0 unspecified atom stereocenters. The van der Waals surface area contributed by atoms with Gasteiger partial charge in [-0.15, -0.1) is 0 Å². The summed E-state index contributed by atoms with van der Waals surface area (Å²) >= 11 is 0. The Morgan fingerprint density at radius 2 is 1.65 bits per heavy atom. The first-order valence-electron chi connectivity index (χ1n) is 8.10. The van der Waals surface area contributed by atoms with E-state index < -0.39 is 5.91 Å². The SMILES string of the molecule is O=C(NN=Cc1ccc(OCc2ccccc2)cc1)c1ccccc1O. The third kappa shape index (κ3) is 4.70. The number of nitrogens with zero attached hydrogens (tertiary/aromatic N) is 1. The highest BCUT2D eigenvalue weighted by Gasteiger charge is 2.08. The molecule has 2 N–H and O–H groups in total. The minimum Gasteiger partial charge on any atom is -0.507 e. The highest BCUT2D eigenvalue weighted by atomic mass is 16.5. The van der Waals surface area contributed by atoms with E-state index in [0.717, 1.165) is 16.9 Å². The first-order chi connectivity index (χ1) is 12.7. The number of ether oxygens (including phenoxy) is 1. The Morgan fingerprint density at radius 1 is 0.962 bits per heavy atom. The van der Waals surface area contributed by atoms with E-state index in [1.54, 1.807) is 12.1 Å². The summed E-state index contributed by atoms with van der Waals surface area (Å²) in [6.45, 7) is 0.505. The molecule has 0 saturated heterocycles. The fraction of sp³-hybridized carbons (Fsp3) is 0.0476. The average Bonchev–Trinajstić information content (AvgIpc) is 2.68. The van der Waals surface area contributed by atoms with Gasteiger partial charge in [0.05, 0.1) is 11.8 Å². The van der Waals surface area contributed by atoms with Crippen molar-refractivity contribution in [2.24, 2.45) is 5.10 Å². The van der Waals surface area contributed by atoms with Gasteiger partial charge >= 0.3 is 0 Å². The molecule has 0 aliphatic carbocycles. The molecule has 0 aliphatic rings. The number of hydrogen-bond donors (Lipinski definition) is 2. The van der Waals surface area contributed by atoms with Gasteiger partial charge in [0.15, 0.2) is 0 Å². The van der Waals surface area contributed by atoms with Gasteiger partial charge in [0, 0.05) is 0 Å². The van der Waals surface area contributed by atoms with E-state index in [1.807, 2.05) is 54.6 Å². The number of para-hydroxylation sites is 1. The molecule has 26 heavy (non-hydrogen) atoms. The van der Waals surface area contributed by atoms with E-state index in [1.165, 1.54) is 18.3 Å². The molecule has 3 aromatic carbocycles. The van der Waals surface area contributed by atoms with Crippen molar-refractivity contribution in [3.05, 3.63) is 95.6 Å². The van der Waals surface area contributed by atoms with Crippen LogP contribution in [0.25, 0.3) is 0 Å². The number of nitrogens with one attached hydrogen (secondary N) is 1. The van der Waals surface area contributed by atoms with Gasteiger partial charge in [-0.2, -0.15) is 5.10 Å². The number of hydrazone groups is 1. The molecule has 0 aliphatic heterocycles. The maximum absolute atomic E-state index is 11.9. The smallest absolute Gasteiger partial charge is 0.275 e. The topological polar surface area (TPSA) is 70.9 Å². The summed E-state index contributed by atoms with van der Waals surface area (Å²) in [5.74, 6) is 0.200. The predicted octanol–water partition coefficient (Wildman–Crippen LogP) is 3.74. The summed E-state index contributed by atoms with van der Waals surface area (Å²) in [6, 6.07) is 23.6. The van der Waals surface area contributed by atoms with Crippen LogP contribution < -0.4 is 10.2 Å². The van der Waals surface area contributed by atoms with Crippen LogP contribution in [0, 0.1) is 0 Å². The highest BCUT2D eigenvalue weighted by molar-refractivity contribution is 5.97. The maximum atomic E-state index is 11.9. The molecule has 0 aromatic heterocycles. The first-order valence-corrected chi connectivity index (χ1v) is 8.10. The van der Waals surface area contributed by atoms with Crippen molar-refractivity contribution in [1.82, 2.24) is 5.43 Å². The van der Waals surface area contributed by atoms with E-state index in [9.17, 15) is 9.90 Å². The standard InChI is InChI=1S/C21H18N2O3/c24-20-9-5-4-8-19(20)21(25)23-22-14-16-10-12-18(13-11-16)26-15-17-6-2-1-3-7-17/h1-14,24H,15H2,(H,23,25). The van der Waals surface area contributed by atoms with Crippen molar-refractivity contribution in [1.29, 1.82) is 0 Å². The summed E-state index contributed by atoms with van der Waals surface area (Å²) in [5, 5.41) is 13.5.